The third kappa shape index (κ3) is 3.37. The Hall–Kier alpha value is -0.430. The summed E-state index contributed by atoms with van der Waals surface area (Å²) in [5, 5.41) is 9.04. The molecule has 0 bridgehead atoms. The molecule has 1 saturated carbocycles. The lowest BCUT2D eigenvalue weighted by molar-refractivity contribution is 0.281. The summed E-state index contributed by atoms with van der Waals surface area (Å²) in [7, 11) is -3.56. The van der Waals surface area contributed by atoms with E-state index in [-0.39, 0.29) is 11.5 Å². The summed E-state index contributed by atoms with van der Waals surface area (Å²) in [4.78, 5) is 0.207. The van der Waals surface area contributed by atoms with Gasteiger partial charge >= 0.3 is 0 Å². The lowest BCUT2D eigenvalue weighted by Gasteiger charge is -2.26. The van der Waals surface area contributed by atoms with Crippen LogP contribution in [0.1, 0.15) is 32.3 Å². The smallest absolute Gasteiger partial charge is 0.242 e. The summed E-state index contributed by atoms with van der Waals surface area (Å²) < 4.78 is 28.0. The van der Waals surface area contributed by atoms with Crippen molar-refractivity contribution in [2.75, 3.05) is 0 Å². The van der Waals surface area contributed by atoms with Gasteiger partial charge in [0.15, 0.2) is 0 Å². The number of aliphatic hydroxyl groups is 1. The molecule has 0 aliphatic heterocycles. The van der Waals surface area contributed by atoms with Gasteiger partial charge in [0.25, 0.3) is 0 Å². The summed E-state index contributed by atoms with van der Waals surface area (Å²) in [5.41, 5.74) is 0.251. The molecule has 0 heterocycles. The molecular weight excluding hydrogens is 330 g/mol. The molecule has 0 amide bonds. The van der Waals surface area contributed by atoms with Crippen LogP contribution in [0.15, 0.2) is 27.6 Å². The van der Waals surface area contributed by atoms with Gasteiger partial charge in [-0.1, -0.05) is 6.07 Å². The fraction of sp³-hybridized carbons (Fsp3) is 0.538. The van der Waals surface area contributed by atoms with Gasteiger partial charge in [0.2, 0.25) is 10.0 Å². The van der Waals surface area contributed by atoms with Crippen molar-refractivity contribution in [3.63, 3.8) is 0 Å². The van der Waals surface area contributed by atoms with Gasteiger partial charge in [-0.15, -0.1) is 0 Å². The van der Waals surface area contributed by atoms with E-state index >= 15 is 0 Å². The second kappa shape index (κ2) is 5.16. The molecule has 1 aliphatic rings. The number of nitrogens with one attached hydrogen (secondary N) is 1. The molecule has 2 N–H and O–H groups in total. The molecule has 0 radical (unpaired) electrons. The summed E-state index contributed by atoms with van der Waals surface area (Å²) in [6.45, 7) is 3.72. The van der Waals surface area contributed by atoms with Crippen LogP contribution >= 0.6 is 15.9 Å². The van der Waals surface area contributed by atoms with E-state index in [0.29, 0.717) is 16.0 Å². The van der Waals surface area contributed by atoms with Gasteiger partial charge in [0.1, 0.15) is 0 Å². The number of benzene rings is 1. The molecule has 2 rings (SSSR count). The number of sulfonamides is 1. The molecule has 19 heavy (non-hydrogen) atoms. The summed E-state index contributed by atoms with van der Waals surface area (Å²) in [6, 6.07) is 4.75. The fourth-order valence-corrected chi connectivity index (χ4v) is 4.75. The fourth-order valence-electron chi connectivity index (χ4n) is 2.15. The third-order valence-electron chi connectivity index (χ3n) is 3.46. The first-order valence-electron chi connectivity index (χ1n) is 6.19. The third-order valence-corrected chi connectivity index (χ3v) is 6.11. The largest absolute Gasteiger partial charge is 0.392 e. The lowest BCUT2D eigenvalue weighted by Crippen LogP contribution is -2.45. The van der Waals surface area contributed by atoms with Crippen molar-refractivity contribution >= 4 is 26.0 Å². The number of rotatable bonds is 5. The Morgan fingerprint density at radius 3 is 2.53 bits per heavy atom. The molecule has 0 unspecified atom stereocenters. The van der Waals surface area contributed by atoms with Gasteiger partial charge in [-0.25, -0.2) is 13.1 Å². The summed E-state index contributed by atoms with van der Waals surface area (Å²) >= 11 is 3.25. The van der Waals surface area contributed by atoms with Crippen molar-refractivity contribution in [1.29, 1.82) is 0 Å². The van der Waals surface area contributed by atoms with Crippen molar-refractivity contribution in [2.24, 2.45) is 5.92 Å². The van der Waals surface area contributed by atoms with Crippen LogP contribution in [-0.4, -0.2) is 19.1 Å². The molecule has 1 aliphatic carbocycles. The van der Waals surface area contributed by atoms with E-state index in [9.17, 15) is 8.42 Å². The van der Waals surface area contributed by atoms with E-state index in [2.05, 4.69) is 20.7 Å². The first-order valence-corrected chi connectivity index (χ1v) is 8.47. The van der Waals surface area contributed by atoms with Crippen LogP contribution in [0.2, 0.25) is 0 Å². The second-order valence-electron chi connectivity index (χ2n) is 5.52. The highest BCUT2D eigenvalue weighted by Gasteiger charge is 2.40. The maximum Gasteiger partial charge on any atom is 0.242 e. The van der Waals surface area contributed by atoms with Crippen molar-refractivity contribution in [1.82, 2.24) is 4.72 Å². The zero-order chi connectivity index (χ0) is 14.3. The highest BCUT2D eigenvalue weighted by atomic mass is 79.9. The van der Waals surface area contributed by atoms with Crippen molar-refractivity contribution in [3.8, 4) is 0 Å². The second-order valence-corrected chi connectivity index (χ2v) is 8.03. The van der Waals surface area contributed by atoms with Gasteiger partial charge in [0.05, 0.1) is 11.5 Å². The number of halogens is 1. The number of hydrogen-bond acceptors (Lipinski definition) is 3. The van der Waals surface area contributed by atoms with E-state index in [0.717, 1.165) is 12.8 Å². The van der Waals surface area contributed by atoms with Gasteiger partial charge in [-0.3, -0.25) is 0 Å². The maximum atomic E-state index is 12.4. The van der Waals surface area contributed by atoms with Gasteiger partial charge < -0.3 is 5.11 Å². The van der Waals surface area contributed by atoms with Crippen LogP contribution in [0.25, 0.3) is 0 Å². The van der Waals surface area contributed by atoms with E-state index in [1.165, 1.54) is 6.07 Å². The topological polar surface area (TPSA) is 66.4 Å². The minimum Gasteiger partial charge on any atom is -0.392 e. The predicted molar refractivity (Wildman–Crippen MR) is 77.2 cm³/mol. The van der Waals surface area contributed by atoms with Crippen molar-refractivity contribution in [2.45, 2.75) is 43.7 Å². The monoisotopic (exact) mass is 347 g/mol. The van der Waals surface area contributed by atoms with Crippen LogP contribution in [0.3, 0.4) is 0 Å². The maximum absolute atomic E-state index is 12.4. The van der Waals surface area contributed by atoms with E-state index < -0.39 is 15.6 Å². The normalized spacial score (nSPS) is 16.6. The van der Waals surface area contributed by atoms with Crippen LogP contribution < -0.4 is 4.72 Å². The van der Waals surface area contributed by atoms with Crippen LogP contribution in [0.4, 0.5) is 0 Å². The Bertz CT molecular complexity index is 580. The molecule has 106 valence electrons. The lowest BCUT2D eigenvalue weighted by atomic mass is 10.0. The Morgan fingerprint density at radius 2 is 2.05 bits per heavy atom. The van der Waals surface area contributed by atoms with Crippen LogP contribution in [0.5, 0.6) is 0 Å². The Labute approximate surface area is 122 Å². The molecule has 0 aromatic heterocycles. The van der Waals surface area contributed by atoms with Crippen LogP contribution in [0, 0.1) is 5.92 Å². The molecule has 0 atom stereocenters. The Morgan fingerprint density at radius 1 is 1.42 bits per heavy atom. The molecule has 6 heteroatoms. The van der Waals surface area contributed by atoms with E-state index in [4.69, 9.17) is 5.11 Å². The average molecular weight is 348 g/mol. The van der Waals surface area contributed by atoms with Gasteiger partial charge in [-0.05, 0) is 66.2 Å². The molecule has 4 nitrogen and oxygen atoms in total. The Kier molecular flexibility index (Phi) is 4.07. The van der Waals surface area contributed by atoms with Crippen molar-refractivity contribution in [3.05, 3.63) is 28.2 Å². The highest BCUT2D eigenvalue weighted by molar-refractivity contribution is 9.10. The number of aliphatic hydroxyl groups excluding tert-OH is 1. The average Bonchev–Trinajstić information content (AvgIpc) is 3.10. The minimum atomic E-state index is -3.56. The SMILES string of the molecule is CC(C)(NS(=O)(=O)c1ccc(CO)cc1Br)C1CC1. The summed E-state index contributed by atoms with van der Waals surface area (Å²) in [5.74, 6) is 0.415. The number of hydrogen-bond donors (Lipinski definition) is 2. The first-order chi connectivity index (χ1) is 8.76. The van der Waals surface area contributed by atoms with E-state index in [1.54, 1.807) is 12.1 Å². The van der Waals surface area contributed by atoms with Crippen molar-refractivity contribution < 1.29 is 13.5 Å². The highest BCUT2D eigenvalue weighted by Crippen LogP contribution is 2.40. The molecule has 1 aromatic carbocycles. The molecule has 0 spiro atoms. The first kappa shape index (κ1) is 15.0. The quantitative estimate of drug-likeness (QED) is 0.859. The Balaban J connectivity index is 2.29. The van der Waals surface area contributed by atoms with E-state index in [1.807, 2.05) is 13.8 Å². The molecule has 0 saturated heterocycles. The molecule has 1 fully saturated rings. The van der Waals surface area contributed by atoms with Gasteiger partial charge in [-0.2, -0.15) is 0 Å². The molecule has 1 aromatic rings. The zero-order valence-corrected chi connectivity index (χ0v) is 13.4. The zero-order valence-electron chi connectivity index (χ0n) is 11.0. The standard InChI is InChI=1S/C13H18BrNO3S/c1-13(2,10-4-5-10)15-19(17,18)12-6-3-9(8-16)7-11(12)14/h3,6-7,10,15-16H,4-5,8H2,1-2H3. The molecular formula is C13H18BrNO3S. The van der Waals surface area contributed by atoms with Crippen LogP contribution in [-0.2, 0) is 16.6 Å². The van der Waals surface area contributed by atoms with Gasteiger partial charge in [0, 0.05) is 10.0 Å². The predicted octanol–water partition coefficient (Wildman–Crippen LogP) is 2.41. The summed E-state index contributed by atoms with van der Waals surface area (Å²) in [6.07, 6.45) is 2.14. The minimum absolute atomic E-state index is 0.111.